The van der Waals surface area contributed by atoms with Crippen molar-refractivity contribution in [3.8, 4) is 5.75 Å². The van der Waals surface area contributed by atoms with Gasteiger partial charge in [0.15, 0.2) is 0 Å². The zero-order chi connectivity index (χ0) is 10.7. The molecule has 2 nitrogen and oxygen atoms in total. The number of aryl methyl sites for hydroxylation is 1. The van der Waals surface area contributed by atoms with Crippen LogP contribution >= 0.6 is 11.8 Å². The number of hydrogen-bond donors (Lipinski definition) is 1. The molecular weight excluding hydrogens is 206 g/mol. The fraction of sp³-hybridized carbons (Fsp3) is 0.500. The Bertz CT molecular complexity index is 336. The van der Waals surface area contributed by atoms with Crippen LogP contribution in [0.5, 0.6) is 5.75 Å². The third-order valence-corrected chi connectivity index (χ3v) is 3.64. The van der Waals surface area contributed by atoms with Crippen LogP contribution in [-0.2, 0) is 0 Å². The van der Waals surface area contributed by atoms with Crippen molar-refractivity contribution in [2.45, 2.75) is 30.7 Å². The average molecular weight is 223 g/mol. The molecule has 0 heterocycles. The summed E-state index contributed by atoms with van der Waals surface area (Å²) in [5.74, 6) is 1.95. The Morgan fingerprint density at radius 1 is 1.47 bits per heavy atom. The van der Waals surface area contributed by atoms with Crippen LogP contribution < -0.4 is 10.1 Å². The van der Waals surface area contributed by atoms with Crippen molar-refractivity contribution in [2.24, 2.45) is 0 Å². The minimum atomic E-state index is 0.788. The van der Waals surface area contributed by atoms with E-state index in [2.05, 4.69) is 24.4 Å². The van der Waals surface area contributed by atoms with E-state index in [0.717, 1.165) is 17.7 Å². The maximum atomic E-state index is 5.18. The van der Waals surface area contributed by atoms with E-state index >= 15 is 0 Å². The summed E-state index contributed by atoms with van der Waals surface area (Å²) in [6.45, 7) is 2.13. The predicted molar refractivity (Wildman–Crippen MR) is 64.6 cm³/mol. The van der Waals surface area contributed by atoms with Crippen molar-refractivity contribution in [3.05, 3.63) is 23.8 Å². The summed E-state index contributed by atoms with van der Waals surface area (Å²) >= 11 is 1.87. The van der Waals surface area contributed by atoms with E-state index in [1.807, 2.05) is 17.8 Å². The molecule has 1 aromatic rings. The number of rotatable bonds is 5. The van der Waals surface area contributed by atoms with E-state index in [9.17, 15) is 0 Å². The second-order valence-electron chi connectivity index (χ2n) is 3.90. The molecule has 0 unspecified atom stereocenters. The van der Waals surface area contributed by atoms with E-state index in [4.69, 9.17) is 4.74 Å². The van der Waals surface area contributed by atoms with Gasteiger partial charge in [-0.2, -0.15) is 0 Å². The zero-order valence-corrected chi connectivity index (χ0v) is 10.1. The maximum Gasteiger partial charge on any atom is 0.119 e. The molecule has 1 aliphatic rings. The predicted octanol–water partition coefficient (Wildman–Crippen LogP) is 2.81. The lowest BCUT2D eigenvalue weighted by atomic mass is 10.2. The lowest BCUT2D eigenvalue weighted by Gasteiger charge is -2.08. The summed E-state index contributed by atoms with van der Waals surface area (Å²) in [6.07, 6.45) is 2.70. The fourth-order valence-electron chi connectivity index (χ4n) is 1.44. The van der Waals surface area contributed by atoms with E-state index in [-0.39, 0.29) is 0 Å². The first kappa shape index (κ1) is 10.8. The van der Waals surface area contributed by atoms with Crippen LogP contribution in [0.4, 0.5) is 0 Å². The first-order chi connectivity index (χ1) is 7.29. The standard InChI is InChI=1S/C12H17NOS/c1-9-7-11(14-2)5-6-12(9)15-8-13-10-3-4-10/h5-7,10,13H,3-4,8H2,1-2H3. The summed E-state index contributed by atoms with van der Waals surface area (Å²) in [4.78, 5) is 1.34. The summed E-state index contributed by atoms with van der Waals surface area (Å²) in [7, 11) is 1.70. The monoisotopic (exact) mass is 223 g/mol. The molecule has 1 aromatic carbocycles. The Hall–Kier alpha value is -0.670. The van der Waals surface area contributed by atoms with Crippen LogP contribution in [0.1, 0.15) is 18.4 Å². The number of thioether (sulfide) groups is 1. The second-order valence-corrected chi connectivity index (χ2v) is 4.92. The molecule has 0 atom stereocenters. The SMILES string of the molecule is COc1ccc(SCNC2CC2)c(C)c1. The lowest BCUT2D eigenvalue weighted by molar-refractivity contribution is 0.414. The van der Waals surface area contributed by atoms with Gasteiger partial charge in [0.2, 0.25) is 0 Å². The van der Waals surface area contributed by atoms with Crippen molar-refractivity contribution >= 4 is 11.8 Å². The number of nitrogens with one attached hydrogen (secondary N) is 1. The molecule has 1 saturated carbocycles. The van der Waals surface area contributed by atoms with Crippen LogP contribution in [0, 0.1) is 6.92 Å². The molecule has 0 aromatic heterocycles. The number of benzene rings is 1. The normalized spacial score (nSPS) is 15.3. The highest BCUT2D eigenvalue weighted by molar-refractivity contribution is 7.99. The van der Waals surface area contributed by atoms with Gasteiger partial charge in [0.1, 0.15) is 5.75 Å². The third kappa shape index (κ3) is 3.14. The first-order valence-electron chi connectivity index (χ1n) is 5.30. The first-order valence-corrected chi connectivity index (χ1v) is 6.29. The molecule has 1 aliphatic carbocycles. The minimum absolute atomic E-state index is 0.788. The Labute approximate surface area is 95.4 Å². The second kappa shape index (κ2) is 4.90. The largest absolute Gasteiger partial charge is 0.497 e. The highest BCUT2D eigenvalue weighted by Crippen LogP contribution is 2.26. The van der Waals surface area contributed by atoms with E-state index in [1.165, 1.54) is 23.3 Å². The lowest BCUT2D eigenvalue weighted by Crippen LogP contribution is -2.14. The smallest absolute Gasteiger partial charge is 0.119 e. The summed E-state index contributed by atoms with van der Waals surface area (Å²) in [5.41, 5.74) is 1.29. The maximum absolute atomic E-state index is 5.18. The van der Waals surface area contributed by atoms with E-state index in [0.29, 0.717) is 0 Å². The number of hydrogen-bond acceptors (Lipinski definition) is 3. The summed E-state index contributed by atoms with van der Waals surface area (Å²) < 4.78 is 5.18. The van der Waals surface area contributed by atoms with Crippen molar-refractivity contribution in [1.82, 2.24) is 5.32 Å². The molecule has 3 heteroatoms. The summed E-state index contributed by atoms with van der Waals surface area (Å²) in [5, 5.41) is 3.49. The number of ether oxygens (including phenoxy) is 1. The van der Waals surface area contributed by atoms with Crippen molar-refractivity contribution in [3.63, 3.8) is 0 Å². The Balaban J connectivity index is 1.88. The average Bonchev–Trinajstić information content (AvgIpc) is 3.04. The topological polar surface area (TPSA) is 21.3 Å². The van der Waals surface area contributed by atoms with E-state index in [1.54, 1.807) is 7.11 Å². The van der Waals surface area contributed by atoms with Crippen LogP contribution in [-0.4, -0.2) is 19.0 Å². The summed E-state index contributed by atoms with van der Waals surface area (Å²) in [6, 6.07) is 7.02. The highest BCUT2D eigenvalue weighted by Gasteiger charge is 2.19. The van der Waals surface area contributed by atoms with Crippen LogP contribution in [0.25, 0.3) is 0 Å². The molecular formula is C12H17NOS. The molecule has 1 fully saturated rings. The van der Waals surface area contributed by atoms with Crippen molar-refractivity contribution < 1.29 is 4.74 Å². The molecule has 1 N–H and O–H groups in total. The highest BCUT2D eigenvalue weighted by atomic mass is 32.2. The van der Waals surface area contributed by atoms with Gasteiger partial charge in [0.25, 0.3) is 0 Å². The van der Waals surface area contributed by atoms with Crippen molar-refractivity contribution in [2.75, 3.05) is 13.0 Å². The third-order valence-electron chi connectivity index (χ3n) is 2.56. The fourth-order valence-corrected chi connectivity index (χ4v) is 2.36. The van der Waals surface area contributed by atoms with Crippen LogP contribution in [0.2, 0.25) is 0 Å². The Morgan fingerprint density at radius 3 is 2.87 bits per heavy atom. The van der Waals surface area contributed by atoms with Gasteiger partial charge in [-0.15, -0.1) is 11.8 Å². The molecule has 15 heavy (non-hydrogen) atoms. The minimum Gasteiger partial charge on any atom is -0.497 e. The van der Waals surface area contributed by atoms with Gasteiger partial charge in [0.05, 0.1) is 7.11 Å². The van der Waals surface area contributed by atoms with Gasteiger partial charge in [-0.25, -0.2) is 0 Å². The molecule has 0 bridgehead atoms. The molecule has 82 valence electrons. The molecule has 0 amide bonds. The van der Waals surface area contributed by atoms with E-state index < -0.39 is 0 Å². The Morgan fingerprint density at radius 2 is 2.27 bits per heavy atom. The zero-order valence-electron chi connectivity index (χ0n) is 9.25. The molecule has 0 aliphatic heterocycles. The van der Waals surface area contributed by atoms with Crippen LogP contribution in [0.15, 0.2) is 23.1 Å². The molecule has 2 rings (SSSR count). The molecule has 0 radical (unpaired) electrons. The quantitative estimate of drug-likeness (QED) is 0.612. The molecule has 0 spiro atoms. The molecule has 0 saturated heterocycles. The van der Waals surface area contributed by atoms with Gasteiger partial charge in [-0.05, 0) is 43.5 Å². The van der Waals surface area contributed by atoms with Gasteiger partial charge < -0.3 is 10.1 Å². The van der Waals surface area contributed by atoms with Gasteiger partial charge in [-0.1, -0.05) is 0 Å². The Kier molecular flexibility index (Phi) is 3.54. The van der Waals surface area contributed by atoms with Gasteiger partial charge in [-0.3, -0.25) is 0 Å². The number of methoxy groups -OCH3 is 1. The van der Waals surface area contributed by atoms with Gasteiger partial charge in [0, 0.05) is 16.8 Å². The van der Waals surface area contributed by atoms with Crippen molar-refractivity contribution in [1.29, 1.82) is 0 Å². The van der Waals surface area contributed by atoms with Crippen LogP contribution in [0.3, 0.4) is 0 Å². The van der Waals surface area contributed by atoms with Gasteiger partial charge >= 0.3 is 0 Å².